The predicted molar refractivity (Wildman–Crippen MR) is 96.7 cm³/mol. The van der Waals surface area contributed by atoms with E-state index in [-0.39, 0.29) is 11.9 Å². The fourth-order valence-corrected chi connectivity index (χ4v) is 3.88. The molecule has 25 heavy (non-hydrogen) atoms. The second-order valence-corrected chi connectivity index (χ2v) is 7.24. The predicted octanol–water partition coefficient (Wildman–Crippen LogP) is 2.24. The molecule has 3 heterocycles. The van der Waals surface area contributed by atoms with Crippen LogP contribution in [0.2, 0.25) is 0 Å². The van der Waals surface area contributed by atoms with E-state index in [0.29, 0.717) is 11.7 Å². The Hall–Kier alpha value is -1.92. The average Bonchev–Trinajstić information content (AvgIpc) is 3.24. The van der Waals surface area contributed by atoms with Gasteiger partial charge in [-0.15, -0.1) is 0 Å². The van der Waals surface area contributed by atoms with Crippen molar-refractivity contribution in [2.24, 2.45) is 0 Å². The van der Waals surface area contributed by atoms with Crippen LogP contribution in [0.4, 0.5) is 0 Å². The summed E-state index contributed by atoms with van der Waals surface area (Å²) < 4.78 is 5.72. The fraction of sp³-hybridized carbons (Fsp3) is 0.579. The first-order chi connectivity index (χ1) is 12.2. The molecule has 0 spiro atoms. The van der Waals surface area contributed by atoms with Crippen molar-refractivity contribution in [3.63, 3.8) is 0 Å². The number of ether oxygens (including phenoxy) is 1. The Balaban J connectivity index is 1.30. The molecule has 0 bridgehead atoms. The van der Waals surface area contributed by atoms with Crippen LogP contribution in [0.3, 0.4) is 0 Å². The third kappa shape index (κ3) is 3.85. The van der Waals surface area contributed by atoms with Crippen molar-refractivity contribution in [1.82, 2.24) is 20.2 Å². The first-order valence-electron chi connectivity index (χ1n) is 9.28. The molecule has 0 aliphatic carbocycles. The summed E-state index contributed by atoms with van der Waals surface area (Å²) in [4.78, 5) is 22.6. The highest BCUT2D eigenvalue weighted by molar-refractivity contribution is 5.97. The van der Waals surface area contributed by atoms with Crippen LogP contribution in [0.1, 0.15) is 41.9 Å². The summed E-state index contributed by atoms with van der Waals surface area (Å²) in [6.45, 7) is 5.94. The number of aromatic nitrogens is 2. The molecule has 1 aromatic carbocycles. The SMILES string of the molecule is Cc1nc2ccc(C(=O)NC3CCN(CC4CCCO4)CC3)cc2[nH]1. The van der Waals surface area contributed by atoms with E-state index in [2.05, 4.69) is 20.2 Å². The molecule has 0 saturated carbocycles. The molecular formula is C19H26N4O2. The Bertz CT molecular complexity index is 743. The van der Waals surface area contributed by atoms with Crippen molar-refractivity contribution in [3.05, 3.63) is 29.6 Å². The summed E-state index contributed by atoms with van der Waals surface area (Å²) in [6, 6.07) is 5.90. The van der Waals surface area contributed by atoms with Crippen molar-refractivity contribution < 1.29 is 9.53 Å². The number of carbonyl (C=O) groups is 1. The molecule has 1 aromatic heterocycles. The van der Waals surface area contributed by atoms with Crippen LogP contribution in [0.25, 0.3) is 11.0 Å². The highest BCUT2D eigenvalue weighted by Crippen LogP contribution is 2.18. The van der Waals surface area contributed by atoms with E-state index in [1.165, 1.54) is 12.8 Å². The Labute approximate surface area is 147 Å². The highest BCUT2D eigenvalue weighted by atomic mass is 16.5. The molecule has 6 heteroatoms. The lowest BCUT2D eigenvalue weighted by molar-refractivity contribution is 0.0613. The van der Waals surface area contributed by atoms with Gasteiger partial charge in [0.15, 0.2) is 0 Å². The number of hydrogen-bond donors (Lipinski definition) is 2. The summed E-state index contributed by atoms with van der Waals surface area (Å²) >= 11 is 0. The second kappa shape index (κ2) is 7.14. The van der Waals surface area contributed by atoms with Gasteiger partial charge in [-0.25, -0.2) is 4.98 Å². The van der Waals surface area contributed by atoms with Gasteiger partial charge in [-0.3, -0.25) is 4.79 Å². The van der Waals surface area contributed by atoms with Gasteiger partial charge < -0.3 is 19.9 Å². The van der Waals surface area contributed by atoms with Crippen molar-refractivity contribution >= 4 is 16.9 Å². The topological polar surface area (TPSA) is 70.2 Å². The summed E-state index contributed by atoms with van der Waals surface area (Å²) in [5.41, 5.74) is 2.51. The molecule has 2 aromatic rings. The van der Waals surface area contributed by atoms with Gasteiger partial charge in [0.25, 0.3) is 5.91 Å². The second-order valence-electron chi connectivity index (χ2n) is 7.24. The summed E-state index contributed by atoms with van der Waals surface area (Å²) in [7, 11) is 0. The molecule has 6 nitrogen and oxygen atoms in total. The zero-order valence-electron chi connectivity index (χ0n) is 14.8. The third-order valence-corrected chi connectivity index (χ3v) is 5.27. The van der Waals surface area contributed by atoms with E-state index in [0.717, 1.165) is 55.9 Å². The Morgan fingerprint density at radius 1 is 1.36 bits per heavy atom. The van der Waals surface area contributed by atoms with Crippen molar-refractivity contribution in [2.45, 2.75) is 44.8 Å². The third-order valence-electron chi connectivity index (χ3n) is 5.27. The Morgan fingerprint density at radius 3 is 2.96 bits per heavy atom. The molecule has 2 aliphatic heterocycles. The number of hydrogen-bond acceptors (Lipinski definition) is 4. The number of fused-ring (bicyclic) bond motifs is 1. The molecule has 0 radical (unpaired) electrons. The number of nitrogens with one attached hydrogen (secondary N) is 2. The number of likely N-dealkylation sites (tertiary alicyclic amines) is 1. The maximum Gasteiger partial charge on any atom is 0.251 e. The largest absolute Gasteiger partial charge is 0.377 e. The number of piperidine rings is 1. The first kappa shape index (κ1) is 16.5. The molecule has 1 amide bonds. The summed E-state index contributed by atoms with van der Waals surface area (Å²) in [5, 5.41) is 3.19. The fourth-order valence-electron chi connectivity index (χ4n) is 3.88. The van der Waals surface area contributed by atoms with Gasteiger partial charge in [-0.1, -0.05) is 0 Å². The van der Waals surface area contributed by atoms with Crippen molar-refractivity contribution in [2.75, 3.05) is 26.2 Å². The molecule has 1 unspecified atom stereocenters. The Morgan fingerprint density at radius 2 is 2.20 bits per heavy atom. The number of carbonyl (C=O) groups excluding carboxylic acids is 1. The minimum atomic E-state index is 0.00623. The van der Waals surface area contributed by atoms with Gasteiger partial charge >= 0.3 is 0 Å². The number of imidazole rings is 1. The van der Waals surface area contributed by atoms with Gasteiger partial charge in [0.2, 0.25) is 0 Å². The lowest BCUT2D eigenvalue weighted by Crippen LogP contribution is -2.46. The lowest BCUT2D eigenvalue weighted by Gasteiger charge is -2.33. The monoisotopic (exact) mass is 342 g/mol. The minimum absolute atomic E-state index is 0.00623. The number of aryl methyl sites for hydroxylation is 1. The van der Waals surface area contributed by atoms with Gasteiger partial charge in [0.05, 0.1) is 17.1 Å². The van der Waals surface area contributed by atoms with Crippen LogP contribution < -0.4 is 5.32 Å². The molecule has 2 saturated heterocycles. The maximum absolute atomic E-state index is 12.5. The van der Waals surface area contributed by atoms with E-state index in [1.807, 2.05) is 25.1 Å². The number of benzene rings is 1. The van der Waals surface area contributed by atoms with E-state index < -0.39 is 0 Å². The van der Waals surface area contributed by atoms with Gasteiger partial charge in [-0.2, -0.15) is 0 Å². The van der Waals surface area contributed by atoms with Gasteiger partial charge in [0.1, 0.15) is 5.82 Å². The quantitative estimate of drug-likeness (QED) is 0.894. The molecule has 1 atom stereocenters. The van der Waals surface area contributed by atoms with E-state index >= 15 is 0 Å². The summed E-state index contributed by atoms with van der Waals surface area (Å²) in [6.07, 6.45) is 4.80. The normalized spacial score (nSPS) is 22.5. The van der Waals surface area contributed by atoms with Crippen LogP contribution in [0.15, 0.2) is 18.2 Å². The number of rotatable bonds is 4. The van der Waals surface area contributed by atoms with Crippen LogP contribution in [0, 0.1) is 6.92 Å². The highest BCUT2D eigenvalue weighted by Gasteiger charge is 2.25. The van der Waals surface area contributed by atoms with Crippen LogP contribution in [-0.2, 0) is 4.74 Å². The number of aromatic amines is 1. The zero-order chi connectivity index (χ0) is 17.2. The van der Waals surface area contributed by atoms with Crippen LogP contribution in [-0.4, -0.2) is 59.2 Å². The van der Waals surface area contributed by atoms with Crippen molar-refractivity contribution in [1.29, 1.82) is 0 Å². The lowest BCUT2D eigenvalue weighted by atomic mass is 10.0. The number of nitrogens with zero attached hydrogens (tertiary/aromatic N) is 2. The first-order valence-corrected chi connectivity index (χ1v) is 9.28. The summed E-state index contributed by atoms with van der Waals surface area (Å²) in [5.74, 6) is 0.873. The van der Waals surface area contributed by atoms with E-state index in [9.17, 15) is 4.79 Å². The standard InChI is InChI=1S/C19H26N4O2/c1-13-20-17-5-4-14(11-18(17)21-13)19(24)22-15-6-8-23(9-7-15)12-16-3-2-10-25-16/h4-5,11,15-16H,2-3,6-10,12H2,1H3,(H,20,21)(H,22,24). The van der Waals surface area contributed by atoms with Crippen molar-refractivity contribution in [3.8, 4) is 0 Å². The van der Waals surface area contributed by atoms with Crippen LogP contribution in [0.5, 0.6) is 0 Å². The van der Waals surface area contributed by atoms with E-state index in [4.69, 9.17) is 4.74 Å². The number of amides is 1. The molecule has 134 valence electrons. The molecule has 4 rings (SSSR count). The molecular weight excluding hydrogens is 316 g/mol. The molecule has 2 aliphatic rings. The average molecular weight is 342 g/mol. The zero-order valence-corrected chi connectivity index (χ0v) is 14.8. The van der Waals surface area contributed by atoms with Crippen LogP contribution >= 0.6 is 0 Å². The van der Waals surface area contributed by atoms with Gasteiger partial charge in [-0.05, 0) is 50.8 Å². The smallest absolute Gasteiger partial charge is 0.251 e. The molecule has 2 N–H and O–H groups in total. The Kier molecular flexibility index (Phi) is 4.72. The van der Waals surface area contributed by atoms with E-state index in [1.54, 1.807) is 0 Å². The number of H-pyrrole nitrogens is 1. The minimum Gasteiger partial charge on any atom is -0.377 e. The molecule has 2 fully saturated rings. The van der Waals surface area contributed by atoms with Gasteiger partial charge in [0, 0.05) is 37.8 Å². The maximum atomic E-state index is 12.5.